The topological polar surface area (TPSA) is 97.0 Å². The number of nitrogens with two attached hydrogens (primary N) is 1. The average Bonchev–Trinajstić information content (AvgIpc) is 2.75. The number of benzene rings is 1. The maximum atomic E-state index is 12.9. The summed E-state index contributed by atoms with van der Waals surface area (Å²) >= 11 is 0. The van der Waals surface area contributed by atoms with Gasteiger partial charge in [0.2, 0.25) is 0 Å². The Morgan fingerprint density at radius 3 is 2.45 bits per heavy atom. The molecule has 0 bridgehead atoms. The minimum atomic E-state index is -0.620. The van der Waals surface area contributed by atoms with Crippen LogP contribution in [0.2, 0.25) is 0 Å². The van der Waals surface area contributed by atoms with Crippen molar-refractivity contribution in [2.75, 3.05) is 20.1 Å². The number of likely N-dealkylation sites (tertiary alicyclic amines) is 1. The molecule has 1 atom stereocenters. The smallest absolute Gasteiger partial charge is 0.410 e. The monoisotopic (exact) mass is 458 g/mol. The van der Waals surface area contributed by atoms with Crippen molar-refractivity contribution < 1.29 is 14.3 Å². The number of amides is 1. The van der Waals surface area contributed by atoms with Crippen LogP contribution in [0.4, 0.5) is 10.5 Å². The van der Waals surface area contributed by atoms with Crippen molar-refractivity contribution in [2.45, 2.75) is 79.4 Å². The molecule has 1 aromatic rings. The Balaban J connectivity index is 0.00000265. The molecule has 1 amide bonds. The van der Waals surface area contributed by atoms with Crippen LogP contribution in [0, 0.1) is 6.92 Å². The molecular formula is C26H42N4O3. The second kappa shape index (κ2) is 12.5. The quantitative estimate of drug-likeness (QED) is 0.485. The van der Waals surface area contributed by atoms with Crippen molar-refractivity contribution >= 4 is 23.8 Å². The molecule has 0 saturated carbocycles. The van der Waals surface area contributed by atoms with Crippen LogP contribution in [0.15, 0.2) is 34.5 Å². The molecule has 184 valence electrons. The van der Waals surface area contributed by atoms with E-state index in [1.54, 1.807) is 11.9 Å². The number of nitrogens with one attached hydrogen (secondary N) is 1. The van der Waals surface area contributed by atoms with E-state index < -0.39 is 17.7 Å². The van der Waals surface area contributed by atoms with E-state index in [1.807, 2.05) is 47.6 Å². The fraction of sp³-hybridized carbons (Fsp3) is 0.577. The number of carbonyl (C=O) groups excluding carboxylic acids is 2. The summed E-state index contributed by atoms with van der Waals surface area (Å²) in [6.07, 6.45) is 0.677. The van der Waals surface area contributed by atoms with Crippen LogP contribution in [0.25, 0.3) is 0 Å². The van der Waals surface area contributed by atoms with Gasteiger partial charge in [-0.25, -0.2) is 4.79 Å². The van der Waals surface area contributed by atoms with Crippen molar-refractivity contribution in [1.29, 1.82) is 0 Å². The lowest BCUT2D eigenvalue weighted by atomic mass is 9.91. The third-order valence-corrected chi connectivity index (χ3v) is 5.22. The van der Waals surface area contributed by atoms with E-state index in [0.717, 1.165) is 17.0 Å². The van der Waals surface area contributed by atoms with Crippen molar-refractivity contribution in [3.63, 3.8) is 0 Å². The number of rotatable bonds is 5. The number of aldehydes is 1. The number of hydrogen-bond donors (Lipinski definition) is 2. The zero-order valence-electron chi connectivity index (χ0n) is 21.8. The van der Waals surface area contributed by atoms with Gasteiger partial charge in [0.1, 0.15) is 5.60 Å². The summed E-state index contributed by atoms with van der Waals surface area (Å²) < 4.78 is 5.59. The highest BCUT2D eigenvalue weighted by molar-refractivity contribution is 6.07. The van der Waals surface area contributed by atoms with E-state index in [1.165, 1.54) is 5.56 Å². The van der Waals surface area contributed by atoms with Gasteiger partial charge in [0, 0.05) is 25.1 Å². The predicted octanol–water partition coefficient (Wildman–Crippen LogP) is 4.86. The second-order valence-corrected chi connectivity index (χ2v) is 9.24. The summed E-state index contributed by atoms with van der Waals surface area (Å²) in [5, 5.41) is 3.10. The Hall–Kier alpha value is -2.67. The molecule has 3 N–H and O–H groups in total. The number of ether oxygens (including phenoxy) is 1. The first-order valence-corrected chi connectivity index (χ1v) is 11.8. The van der Waals surface area contributed by atoms with Gasteiger partial charge in [0.25, 0.3) is 0 Å². The number of piperidine rings is 1. The van der Waals surface area contributed by atoms with Gasteiger partial charge < -0.3 is 15.8 Å². The Kier molecular flexibility index (Phi) is 10.8. The molecule has 1 aliphatic rings. The third kappa shape index (κ3) is 7.70. The Bertz CT molecular complexity index is 882. The normalized spacial score (nSPS) is 19.2. The summed E-state index contributed by atoms with van der Waals surface area (Å²) in [7, 11) is 1.79. The Labute approximate surface area is 199 Å². The van der Waals surface area contributed by atoms with Crippen LogP contribution < -0.4 is 11.1 Å². The molecule has 0 radical (unpaired) electrons. The van der Waals surface area contributed by atoms with Gasteiger partial charge in [-0.15, -0.1) is 0 Å². The molecule has 0 aromatic heterocycles. The Morgan fingerprint density at radius 2 is 1.97 bits per heavy atom. The summed E-state index contributed by atoms with van der Waals surface area (Å²) in [6, 6.07) is 5.76. The number of aryl methyl sites for hydroxylation is 1. The fourth-order valence-corrected chi connectivity index (χ4v) is 3.66. The van der Waals surface area contributed by atoms with E-state index in [9.17, 15) is 9.59 Å². The molecule has 7 nitrogen and oxygen atoms in total. The van der Waals surface area contributed by atoms with Crippen molar-refractivity contribution in [3.8, 4) is 0 Å². The molecule has 1 heterocycles. The number of aliphatic imine (C=N–C) groups is 1. The second-order valence-electron chi connectivity index (χ2n) is 9.24. The summed E-state index contributed by atoms with van der Waals surface area (Å²) in [5.74, 6) is 0.429. The number of allylic oxidation sites excluding steroid dienone is 1. The molecule has 1 unspecified atom stereocenters. The molecule has 33 heavy (non-hydrogen) atoms. The third-order valence-electron chi connectivity index (χ3n) is 5.22. The molecule has 1 fully saturated rings. The highest BCUT2D eigenvalue weighted by atomic mass is 16.6. The number of likely N-dealkylation sites (N-methyl/N-ethyl adjacent to an activating group) is 1. The van der Waals surface area contributed by atoms with Gasteiger partial charge in [-0.1, -0.05) is 39.8 Å². The first kappa shape index (κ1) is 28.4. The lowest BCUT2D eigenvalue weighted by molar-refractivity contribution is -0.105. The maximum Gasteiger partial charge on any atom is 0.410 e. The van der Waals surface area contributed by atoms with Gasteiger partial charge in [-0.2, -0.15) is 0 Å². The lowest BCUT2D eigenvalue weighted by Crippen LogP contribution is -2.53. The first-order chi connectivity index (χ1) is 15.5. The molecular weight excluding hydrogens is 416 g/mol. The molecule has 7 heteroatoms. The molecule has 0 aliphatic carbocycles. The van der Waals surface area contributed by atoms with Crippen LogP contribution in [-0.2, 0) is 9.53 Å². The van der Waals surface area contributed by atoms with Crippen LogP contribution >= 0.6 is 0 Å². The molecule has 1 saturated heterocycles. The van der Waals surface area contributed by atoms with Gasteiger partial charge in [-0.05, 0) is 57.9 Å². The van der Waals surface area contributed by atoms with Crippen LogP contribution in [-0.4, -0.2) is 54.8 Å². The van der Waals surface area contributed by atoms with E-state index in [4.69, 9.17) is 15.5 Å². The summed E-state index contributed by atoms with van der Waals surface area (Å²) in [4.78, 5) is 31.0. The van der Waals surface area contributed by atoms with Crippen molar-refractivity contribution in [2.24, 2.45) is 10.7 Å². The van der Waals surface area contributed by atoms with E-state index in [2.05, 4.69) is 31.3 Å². The van der Waals surface area contributed by atoms with Gasteiger partial charge in [0.05, 0.1) is 23.1 Å². The van der Waals surface area contributed by atoms with Crippen LogP contribution in [0.1, 0.15) is 71.9 Å². The van der Waals surface area contributed by atoms with E-state index in [-0.39, 0.29) is 5.70 Å². The van der Waals surface area contributed by atoms with E-state index >= 15 is 0 Å². The molecule has 1 aromatic carbocycles. The minimum absolute atomic E-state index is 0.0868. The average molecular weight is 459 g/mol. The van der Waals surface area contributed by atoms with Crippen LogP contribution in [0.5, 0.6) is 0 Å². The van der Waals surface area contributed by atoms with Crippen molar-refractivity contribution in [1.82, 2.24) is 10.2 Å². The standard InChI is InChI=1S/C24H36N4O3.C2H6/c1-15(2)17-8-9-19(16(3)12-17)27-20-10-11-28(23(30)31-24(4,5)6)21(13-26-7)22(20)18(25)14-29;1-2/h8-9,12,14-15,21,26H,10-11,13,25H2,1-7H3;1-2H3/b22-18+,27-20?;. The first-order valence-electron chi connectivity index (χ1n) is 11.8. The summed E-state index contributed by atoms with van der Waals surface area (Å²) in [6.45, 7) is 16.7. The highest BCUT2D eigenvalue weighted by Gasteiger charge is 2.37. The largest absolute Gasteiger partial charge is 0.444 e. The van der Waals surface area contributed by atoms with Gasteiger partial charge >= 0.3 is 6.09 Å². The van der Waals surface area contributed by atoms with Gasteiger partial charge in [0.15, 0.2) is 6.29 Å². The highest BCUT2D eigenvalue weighted by Crippen LogP contribution is 2.29. The number of carbonyl (C=O) groups is 2. The number of hydrogen-bond acceptors (Lipinski definition) is 6. The SMILES string of the molecule is CC.CNCC1/C(=C(/N)C=O)C(=Nc2ccc(C(C)C)cc2C)CCN1C(=O)OC(C)(C)C. The predicted molar refractivity (Wildman–Crippen MR) is 136 cm³/mol. The van der Waals surface area contributed by atoms with Crippen molar-refractivity contribution in [3.05, 3.63) is 40.6 Å². The fourth-order valence-electron chi connectivity index (χ4n) is 3.66. The minimum Gasteiger partial charge on any atom is -0.444 e. The molecule has 1 aliphatic heterocycles. The maximum absolute atomic E-state index is 12.9. The zero-order valence-corrected chi connectivity index (χ0v) is 21.8. The van der Waals surface area contributed by atoms with Gasteiger partial charge in [-0.3, -0.25) is 14.7 Å². The molecule has 2 rings (SSSR count). The zero-order chi connectivity index (χ0) is 25.3. The van der Waals surface area contributed by atoms with E-state index in [0.29, 0.717) is 37.3 Å². The molecule has 0 spiro atoms. The summed E-state index contributed by atoms with van der Waals surface area (Å²) in [5.41, 5.74) is 10.0. The Morgan fingerprint density at radius 1 is 1.33 bits per heavy atom. The lowest BCUT2D eigenvalue weighted by Gasteiger charge is -2.39. The van der Waals surface area contributed by atoms with Crippen LogP contribution in [0.3, 0.4) is 0 Å². The number of nitrogens with zero attached hydrogens (tertiary/aromatic N) is 2.